The first-order valence-electron chi connectivity index (χ1n) is 29.2. The van der Waals surface area contributed by atoms with Gasteiger partial charge in [-0.1, -0.05) is 176 Å². The van der Waals surface area contributed by atoms with Crippen LogP contribution < -0.4 is 20.0 Å². The fraction of sp³-hybridized carbons (Fsp3) is 0.253. The molecule has 3 aromatic heterocycles. The first-order valence-corrected chi connectivity index (χ1v) is 30.8. The Morgan fingerprint density at radius 2 is 1.00 bits per heavy atom. The number of fused-ring (bicyclic) bond motifs is 16. The molecule has 12 aromatic rings. The molecule has 0 radical (unpaired) electrons. The van der Waals surface area contributed by atoms with Crippen molar-refractivity contribution in [3.8, 4) is 27.9 Å². The zero-order valence-electron chi connectivity index (χ0n) is 49.4. The van der Waals surface area contributed by atoms with Crippen LogP contribution in [0.5, 0.6) is 0 Å². The lowest BCUT2D eigenvalue weighted by atomic mass is 9.47. The van der Waals surface area contributed by atoms with Gasteiger partial charge in [-0.2, -0.15) is 0 Å². The molecule has 0 N–H and O–H groups in total. The second-order valence-electron chi connectivity index (χ2n) is 28.3. The van der Waals surface area contributed by atoms with Crippen molar-refractivity contribution in [1.29, 1.82) is 0 Å². The fourth-order valence-corrected chi connectivity index (χ4v) is 16.4. The second kappa shape index (κ2) is 16.9. The minimum absolute atomic E-state index is 0.0100. The average molecular weight is 1090 g/mol. The van der Waals surface area contributed by atoms with Crippen molar-refractivity contribution >= 4 is 120 Å². The van der Waals surface area contributed by atoms with E-state index >= 15 is 0 Å². The van der Waals surface area contributed by atoms with Gasteiger partial charge < -0.3 is 14.3 Å². The Kier molecular flexibility index (Phi) is 10.5. The second-order valence-corrected chi connectivity index (χ2v) is 30.4. The van der Waals surface area contributed by atoms with Crippen molar-refractivity contribution in [1.82, 2.24) is 4.57 Å². The molecule has 0 bridgehead atoms. The zero-order chi connectivity index (χ0) is 56.2. The minimum Gasteiger partial charge on any atom is -0.376 e. The molecule has 0 fully saturated rings. The van der Waals surface area contributed by atoms with E-state index in [1.165, 1.54) is 135 Å². The Morgan fingerprint density at radius 3 is 1.64 bits per heavy atom. The summed E-state index contributed by atoms with van der Waals surface area (Å²) in [6, 6.07) is 66.9. The van der Waals surface area contributed by atoms with Crippen molar-refractivity contribution in [3.05, 3.63) is 203 Å². The molecule has 81 heavy (non-hydrogen) atoms. The van der Waals surface area contributed by atoms with Crippen molar-refractivity contribution in [2.24, 2.45) is 0 Å². The van der Waals surface area contributed by atoms with Crippen LogP contribution in [-0.2, 0) is 27.1 Å². The van der Waals surface area contributed by atoms with Gasteiger partial charge in [0.15, 0.2) is 0 Å². The van der Waals surface area contributed by atoms with Crippen LogP contribution in [0, 0.1) is 0 Å². The molecule has 6 heteroatoms. The number of hydrogen-bond donors (Lipinski definition) is 0. The van der Waals surface area contributed by atoms with Gasteiger partial charge in [-0.15, -0.1) is 22.7 Å². The summed E-state index contributed by atoms with van der Waals surface area (Å²) in [5.74, 6) is 0. The summed E-state index contributed by atoms with van der Waals surface area (Å²) in [5, 5.41) is 6.65. The van der Waals surface area contributed by atoms with Crippen molar-refractivity contribution in [2.75, 3.05) is 9.71 Å². The molecule has 0 saturated heterocycles. The van der Waals surface area contributed by atoms with Crippen LogP contribution in [-0.4, -0.2) is 11.4 Å². The Hall–Kier alpha value is -7.38. The maximum Gasteiger partial charge on any atom is 0.343 e. The molecule has 2 aliphatic heterocycles. The predicted molar refractivity (Wildman–Crippen MR) is 355 cm³/mol. The highest BCUT2D eigenvalue weighted by Crippen LogP contribution is 2.57. The molecule has 5 heterocycles. The molecule has 0 amide bonds. The van der Waals surface area contributed by atoms with E-state index in [9.17, 15) is 0 Å². The van der Waals surface area contributed by atoms with E-state index in [1.807, 2.05) is 22.7 Å². The summed E-state index contributed by atoms with van der Waals surface area (Å²) in [5.41, 5.74) is 24.4. The van der Waals surface area contributed by atoms with E-state index < -0.39 is 0 Å². The van der Waals surface area contributed by atoms with Gasteiger partial charge in [-0.05, 0) is 168 Å². The summed E-state index contributed by atoms with van der Waals surface area (Å²) in [4.78, 5) is 5.22. The molecule has 9 aromatic carbocycles. The highest BCUT2D eigenvalue weighted by molar-refractivity contribution is 7.32. The Balaban J connectivity index is 1.01. The topological polar surface area (TPSA) is 11.4 Å². The van der Waals surface area contributed by atoms with Crippen LogP contribution in [0.25, 0.3) is 80.0 Å². The first kappa shape index (κ1) is 50.6. The zero-order valence-corrected chi connectivity index (χ0v) is 51.0. The van der Waals surface area contributed by atoms with E-state index in [4.69, 9.17) is 0 Å². The molecule has 0 unspecified atom stereocenters. The molecule has 0 spiro atoms. The third-order valence-electron chi connectivity index (χ3n) is 18.6. The minimum atomic E-state index is -0.264. The Bertz CT molecular complexity index is 4570. The number of rotatable bonds is 4. The Morgan fingerprint density at radius 1 is 0.420 bits per heavy atom. The monoisotopic (exact) mass is 1090 g/mol. The standard InChI is InChI=1S/C75H70BN3S2/c1-71(2,3)43-19-26-47(27-20-43)77(48-28-21-44(22-29-48)72(4,5)6)50-32-35-60-54(38-50)55-39-56-52-33-34-53-57-40-58-51-17-15-16-18-64(51)80-66(58)42-62(57)78-68(53)67(52)76(70-69(78)59-37-46(74(10,11)12)25-36-65(59)81-70)79(63(56)41-61(55)75(60,13)14)49-30-23-45(24-31-49)73(7,8)9/h15-42H,1-14H3. The maximum atomic E-state index is 2.75. The number of benzene rings is 9. The predicted octanol–water partition coefficient (Wildman–Crippen LogP) is 20.6. The van der Waals surface area contributed by atoms with Gasteiger partial charge in [0.1, 0.15) is 0 Å². The number of nitrogens with zero attached hydrogens (tertiary/aromatic N) is 3. The van der Waals surface area contributed by atoms with Crippen LogP contribution in [0.15, 0.2) is 170 Å². The maximum absolute atomic E-state index is 2.75. The van der Waals surface area contributed by atoms with Gasteiger partial charge in [0.05, 0.1) is 16.7 Å². The fourth-order valence-electron chi connectivity index (χ4n) is 14.0. The summed E-state index contributed by atoms with van der Waals surface area (Å²) in [6.07, 6.45) is 0. The lowest BCUT2D eigenvalue weighted by Gasteiger charge is -2.41. The lowest BCUT2D eigenvalue weighted by molar-refractivity contribution is 0.590. The van der Waals surface area contributed by atoms with Crippen LogP contribution >= 0.6 is 22.7 Å². The molecule has 0 atom stereocenters. The van der Waals surface area contributed by atoms with Crippen molar-refractivity contribution < 1.29 is 0 Å². The smallest absolute Gasteiger partial charge is 0.343 e. The lowest BCUT2D eigenvalue weighted by Crippen LogP contribution is -2.59. The number of hydrogen-bond acceptors (Lipinski definition) is 4. The van der Waals surface area contributed by atoms with E-state index in [2.05, 4.69) is 281 Å². The van der Waals surface area contributed by atoms with Gasteiger partial charge in [0, 0.05) is 85.2 Å². The van der Waals surface area contributed by atoms with Crippen LogP contribution in [0.3, 0.4) is 0 Å². The average Bonchev–Trinajstić information content (AvgIpc) is 1.98. The van der Waals surface area contributed by atoms with Gasteiger partial charge in [-0.3, -0.25) is 0 Å². The summed E-state index contributed by atoms with van der Waals surface area (Å²) < 4.78 is 8.11. The molecule has 3 aliphatic rings. The SMILES string of the molecule is CC(C)(C)c1ccc(N2B3c4sc5ccc(C(C)(C)C)cc5c4-n4c5cc6sc7ccccc7c6cc5c5ccc(c3c54)-c3cc4c(cc32)C(C)(C)c2ccc(N(c3ccc(C(C)(C)C)cc3)c3ccc(C(C)(C)C)cc3)cc2-4)cc1. The highest BCUT2D eigenvalue weighted by atomic mass is 32.1. The van der Waals surface area contributed by atoms with Gasteiger partial charge in [-0.25, -0.2) is 0 Å². The molecule has 0 saturated carbocycles. The summed E-state index contributed by atoms with van der Waals surface area (Å²) in [7, 11) is 0. The molecular formula is C75H70BN3S2. The first-order chi connectivity index (χ1) is 38.4. The molecule has 15 rings (SSSR count). The van der Waals surface area contributed by atoms with Crippen LogP contribution in [0.2, 0.25) is 0 Å². The van der Waals surface area contributed by atoms with E-state index in [0.717, 1.165) is 17.1 Å². The van der Waals surface area contributed by atoms with Gasteiger partial charge >= 0.3 is 6.85 Å². The summed E-state index contributed by atoms with van der Waals surface area (Å²) in [6.45, 7) is 32.6. The summed E-state index contributed by atoms with van der Waals surface area (Å²) >= 11 is 3.91. The molecule has 3 nitrogen and oxygen atoms in total. The molecule has 400 valence electrons. The van der Waals surface area contributed by atoms with Gasteiger partial charge in [0.2, 0.25) is 0 Å². The van der Waals surface area contributed by atoms with Crippen molar-refractivity contribution in [3.63, 3.8) is 0 Å². The number of aromatic nitrogens is 1. The third-order valence-corrected chi connectivity index (χ3v) is 20.9. The van der Waals surface area contributed by atoms with E-state index in [0.29, 0.717) is 0 Å². The molecular weight excluding hydrogens is 1020 g/mol. The van der Waals surface area contributed by atoms with Crippen molar-refractivity contribution in [2.45, 2.75) is 124 Å². The number of anilines is 5. The molecule has 1 aliphatic carbocycles. The third kappa shape index (κ3) is 7.44. The normalized spacial score (nSPS) is 14.6. The highest BCUT2D eigenvalue weighted by Gasteiger charge is 2.48. The quantitative estimate of drug-likeness (QED) is 0.163. The Labute approximate surface area is 486 Å². The largest absolute Gasteiger partial charge is 0.376 e. The van der Waals surface area contributed by atoms with Crippen LogP contribution in [0.1, 0.15) is 130 Å². The van der Waals surface area contributed by atoms with Gasteiger partial charge in [0.25, 0.3) is 0 Å². The van der Waals surface area contributed by atoms with Crippen LogP contribution in [0.4, 0.5) is 28.4 Å². The van der Waals surface area contributed by atoms with E-state index in [1.54, 1.807) is 0 Å². The van der Waals surface area contributed by atoms with E-state index in [-0.39, 0.29) is 33.9 Å². The number of thiophene rings is 2.